The number of rotatable bonds is 3. The Bertz CT molecular complexity index is 1360. The number of anilines is 3. The molecule has 3 heterocycles. The zero-order valence-corrected chi connectivity index (χ0v) is 16.1. The van der Waals surface area contributed by atoms with Crippen molar-refractivity contribution in [1.82, 2.24) is 19.6 Å². The number of fused-ring (bicyclic) bond motifs is 1. The van der Waals surface area contributed by atoms with Crippen molar-refractivity contribution in [1.29, 1.82) is 0 Å². The number of urea groups is 1. The van der Waals surface area contributed by atoms with Gasteiger partial charge in [-0.05, 0) is 29.8 Å². The fourth-order valence-electron chi connectivity index (χ4n) is 3.05. The first-order valence-corrected chi connectivity index (χ1v) is 8.98. The summed E-state index contributed by atoms with van der Waals surface area (Å²) in [5, 5.41) is 8.83. The highest BCUT2D eigenvalue weighted by Gasteiger charge is 2.32. The smallest absolute Gasteiger partial charge is 0.382 e. The van der Waals surface area contributed by atoms with Gasteiger partial charge in [-0.3, -0.25) is 5.32 Å². The average molecular weight is 438 g/mol. The van der Waals surface area contributed by atoms with Crippen LogP contribution in [0.4, 0.5) is 41.0 Å². The van der Waals surface area contributed by atoms with Crippen molar-refractivity contribution in [3.63, 3.8) is 0 Å². The molecule has 9 nitrogen and oxygen atoms in total. The van der Waals surface area contributed by atoms with E-state index in [1.54, 1.807) is 24.3 Å². The van der Waals surface area contributed by atoms with Crippen LogP contribution in [0.15, 0.2) is 55.0 Å². The maximum absolute atomic E-state index is 12.8. The predicted molar refractivity (Wildman–Crippen MR) is 111 cm³/mol. The summed E-state index contributed by atoms with van der Waals surface area (Å²) in [6, 6.07) is 8.91. The Kier molecular flexibility index (Phi) is 5.07. The number of carbonyl (C=O) groups is 1. The van der Waals surface area contributed by atoms with Gasteiger partial charge in [-0.1, -0.05) is 18.2 Å². The Morgan fingerprint density at radius 2 is 1.88 bits per heavy atom. The molecule has 4 rings (SSSR count). The first kappa shape index (κ1) is 20.6. The largest absolute Gasteiger partial charge is 0.433 e. The van der Waals surface area contributed by atoms with Crippen LogP contribution in [0.25, 0.3) is 21.5 Å². The van der Waals surface area contributed by atoms with Crippen LogP contribution >= 0.6 is 0 Å². The van der Waals surface area contributed by atoms with Crippen LogP contribution in [0, 0.1) is 6.57 Å². The molecular weight excluding hydrogens is 425 g/mol. The zero-order chi connectivity index (χ0) is 22.9. The summed E-state index contributed by atoms with van der Waals surface area (Å²) in [5.41, 5.74) is 7.20. The Morgan fingerprint density at radius 3 is 2.56 bits per heavy atom. The highest BCUT2D eigenvalue weighted by Crippen LogP contribution is 2.38. The summed E-state index contributed by atoms with van der Waals surface area (Å²) in [5.74, 6) is -0.0357. The van der Waals surface area contributed by atoms with Gasteiger partial charge in [0.15, 0.2) is 5.82 Å². The number of amides is 2. The summed E-state index contributed by atoms with van der Waals surface area (Å²) in [4.78, 5) is 23.0. The maximum atomic E-state index is 12.8. The van der Waals surface area contributed by atoms with E-state index in [-0.39, 0.29) is 11.6 Å². The second kappa shape index (κ2) is 7.88. The second-order valence-electron chi connectivity index (χ2n) is 6.50. The Morgan fingerprint density at radius 1 is 1.12 bits per heavy atom. The lowest BCUT2D eigenvalue weighted by atomic mass is 10.1. The lowest BCUT2D eigenvalue weighted by molar-refractivity contribution is -0.141. The van der Waals surface area contributed by atoms with Gasteiger partial charge in [0.25, 0.3) is 0 Å². The molecule has 0 aliphatic rings. The fraction of sp³-hybridized carbons (Fsp3) is 0.0500. The van der Waals surface area contributed by atoms with E-state index in [1.807, 2.05) is 0 Å². The van der Waals surface area contributed by atoms with E-state index in [0.29, 0.717) is 28.0 Å². The van der Waals surface area contributed by atoms with Gasteiger partial charge < -0.3 is 11.1 Å². The van der Waals surface area contributed by atoms with Gasteiger partial charge in [0.05, 0.1) is 6.57 Å². The third-order valence-corrected chi connectivity index (χ3v) is 4.42. The average Bonchev–Trinajstić information content (AvgIpc) is 3.14. The van der Waals surface area contributed by atoms with E-state index in [0.717, 1.165) is 12.1 Å². The van der Waals surface area contributed by atoms with Crippen LogP contribution in [0.1, 0.15) is 5.69 Å². The number of nitrogen functional groups attached to an aromatic ring is 1. The molecule has 2 amide bonds. The van der Waals surface area contributed by atoms with E-state index in [4.69, 9.17) is 12.3 Å². The molecule has 0 saturated carbocycles. The van der Waals surface area contributed by atoms with Crippen molar-refractivity contribution in [2.75, 3.05) is 16.4 Å². The number of alkyl halides is 3. The van der Waals surface area contributed by atoms with Crippen LogP contribution in [-0.4, -0.2) is 25.6 Å². The molecule has 0 radical (unpaired) electrons. The second-order valence-corrected chi connectivity index (χ2v) is 6.50. The number of hydrogen-bond acceptors (Lipinski definition) is 5. The molecule has 0 aliphatic carbocycles. The summed E-state index contributed by atoms with van der Waals surface area (Å²) in [6.07, 6.45) is -1.80. The van der Waals surface area contributed by atoms with Crippen molar-refractivity contribution >= 4 is 34.6 Å². The normalized spacial score (nSPS) is 11.2. The maximum Gasteiger partial charge on any atom is 0.433 e. The molecule has 0 saturated heterocycles. The predicted octanol–water partition coefficient (Wildman–Crippen LogP) is 4.59. The molecule has 0 unspecified atom stereocenters. The Hall–Kier alpha value is -4.66. The highest BCUT2D eigenvalue weighted by atomic mass is 19.4. The van der Waals surface area contributed by atoms with Crippen LogP contribution in [0.3, 0.4) is 0 Å². The number of nitrogens with zero attached hydrogens (tertiary/aromatic N) is 5. The first-order chi connectivity index (χ1) is 15.3. The third-order valence-electron chi connectivity index (χ3n) is 4.42. The van der Waals surface area contributed by atoms with Gasteiger partial charge in [-0.25, -0.2) is 24.1 Å². The number of nitrogens with one attached hydrogen (secondary N) is 2. The van der Waals surface area contributed by atoms with E-state index in [2.05, 4.69) is 30.5 Å². The number of halogens is 3. The van der Waals surface area contributed by atoms with Gasteiger partial charge in [-0.15, -0.1) is 0 Å². The number of aromatic nitrogens is 4. The number of benzene rings is 1. The molecule has 0 atom stereocenters. The Balaban J connectivity index is 1.54. The minimum atomic E-state index is -4.62. The van der Waals surface area contributed by atoms with Crippen molar-refractivity contribution in [3.05, 3.63) is 72.1 Å². The molecule has 0 aliphatic heterocycles. The SMILES string of the molecule is [C-]#[N+]c1cn2ncnc(N)c2c1-c1ccc(NC(=O)Nc2cccc(C(F)(F)F)n2)cc1. The van der Waals surface area contributed by atoms with Crippen molar-refractivity contribution < 1.29 is 18.0 Å². The first-order valence-electron chi connectivity index (χ1n) is 8.98. The standard InChI is InChI=1S/C20H13F3N8O/c1-25-13-9-31-17(18(24)26-10-27-31)16(13)11-5-7-12(8-6-11)28-19(32)30-15-4-2-3-14(29-15)20(21,22)23/h2-10H,(H2,24,26,27)(H2,28,29,30,32). The molecule has 32 heavy (non-hydrogen) atoms. The van der Waals surface area contributed by atoms with Crippen molar-refractivity contribution in [2.45, 2.75) is 6.18 Å². The van der Waals surface area contributed by atoms with E-state index < -0.39 is 17.9 Å². The quantitative estimate of drug-likeness (QED) is 0.405. The molecule has 12 heteroatoms. The Labute approximate surface area is 178 Å². The number of carbonyl (C=O) groups excluding carboxylic acids is 1. The van der Waals surface area contributed by atoms with Crippen LogP contribution in [-0.2, 0) is 6.18 Å². The summed E-state index contributed by atoms with van der Waals surface area (Å²) < 4.78 is 39.7. The number of nitrogens with two attached hydrogens (primary N) is 1. The summed E-state index contributed by atoms with van der Waals surface area (Å²) >= 11 is 0. The molecular formula is C20H13F3N8O. The monoisotopic (exact) mass is 438 g/mol. The lowest BCUT2D eigenvalue weighted by Gasteiger charge is -2.10. The molecule has 0 bridgehead atoms. The topological polar surface area (TPSA) is 115 Å². The number of pyridine rings is 1. The number of hydrogen-bond donors (Lipinski definition) is 3. The van der Waals surface area contributed by atoms with E-state index in [9.17, 15) is 18.0 Å². The molecule has 1 aromatic carbocycles. The molecule has 3 aromatic heterocycles. The molecule has 4 aromatic rings. The van der Waals surface area contributed by atoms with Gasteiger partial charge in [0.2, 0.25) is 5.69 Å². The van der Waals surface area contributed by atoms with Crippen molar-refractivity contribution in [3.8, 4) is 11.1 Å². The molecule has 0 fully saturated rings. The zero-order valence-electron chi connectivity index (χ0n) is 16.1. The van der Waals surface area contributed by atoms with Gasteiger partial charge in [0, 0.05) is 17.4 Å². The van der Waals surface area contributed by atoms with Crippen LogP contribution in [0.2, 0.25) is 0 Å². The molecule has 160 valence electrons. The van der Waals surface area contributed by atoms with E-state index >= 15 is 0 Å². The highest BCUT2D eigenvalue weighted by molar-refractivity contribution is 6.00. The lowest BCUT2D eigenvalue weighted by Crippen LogP contribution is -2.21. The minimum absolute atomic E-state index is 0.208. The minimum Gasteiger partial charge on any atom is -0.382 e. The van der Waals surface area contributed by atoms with Gasteiger partial charge in [-0.2, -0.15) is 18.3 Å². The van der Waals surface area contributed by atoms with Gasteiger partial charge in [0.1, 0.15) is 23.4 Å². The summed E-state index contributed by atoms with van der Waals surface area (Å²) in [7, 11) is 0. The van der Waals surface area contributed by atoms with Crippen LogP contribution < -0.4 is 16.4 Å². The van der Waals surface area contributed by atoms with Gasteiger partial charge >= 0.3 is 12.2 Å². The van der Waals surface area contributed by atoms with Crippen molar-refractivity contribution in [2.24, 2.45) is 0 Å². The van der Waals surface area contributed by atoms with Crippen LogP contribution in [0.5, 0.6) is 0 Å². The molecule has 4 N–H and O–H groups in total. The fourth-order valence-corrected chi connectivity index (χ4v) is 3.05. The summed E-state index contributed by atoms with van der Waals surface area (Å²) in [6.45, 7) is 7.41. The molecule has 0 spiro atoms. The van der Waals surface area contributed by atoms with E-state index in [1.165, 1.54) is 23.1 Å². The third kappa shape index (κ3) is 3.99.